The highest BCUT2D eigenvalue weighted by Gasteiger charge is 2.22. The second-order valence-corrected chi connectivity index (χ2v) is 19.5. The molecule has 9 heteroatoms. The van der Waals surface area contributed by atoms with Gasteiger partial charge in [-0.1, -0.05) is 199 Å². The van der Waals surface area contributed by atoms with Gasteiger partial charge in [0.2, 0.25) is 0 Å². The molecule has 0 aromatic carbocycles. The molecule has 0 rings (SSSR count). The van der Waals surface area contributed by atoms with Crippen LogP contribution in [0.5, 0.6) is 0 Å². The van der Waals surface area contributed by atoms with Crippen molar-refractivity contribution in [3.63, 3.8) is 0 Å². The first kappa shape index (κ1) is 68.4. The minimum atomic E-state index is -1.64. The van der Waals surface area contributed by atoms with Gasteiger partial charge in [-0.2, -0.15) is 0 Å². The molecule has 0 saturated heterocycles. The van der Waals surface area contributed by atoms with Crippen LogP contribution < -0.4 is 5.11 Å². The van der Waals surface area contributed by atoms with Gasteiger partial charge in [0, 0.05) is 12.8 Å². The maximum atomic E-state index is 12.8. The third kappa shape index (κ3) is 55.0. The highest BCUT2D eigenvalue weighted by atomic mass is 16.7. The smallest absolute Gasteiger partial charge is 0.306 e. The minimum Gasteiger partial charge on any atom is -0.545 e. The second-order valence-electron chi connectivity index (χ2n) is 19.5. The fourth-order valence-electron chi connectivity index (χ4n) is 7.03. The molecule has 0 heterocycles. The molecule has 0 spiro atoms. The lowest BCUT2D eigenvalue weighted by molar-refractivity contribution is -0.870. The highest BCUT2D eigenvalue weighted by molar-refractivity contribution is 5.70. The van der Waals surface area contributed by atoms with Gasteiger partial charge in [-0.15, -0.1) is 0 Å². The van der Waals surface area contributed by atoms with Gasteiger partial charge >= 0.3 is 11.9 Å². The molecule has 0 aliphatic rings. The Bertz CT molecular complexity index is 1650. The van der Waals surface area contributed by atoms with Crippen molar-refractivity contribution < 1.29 is 42.9 Å². The predicted octanol–water partition coefficient (Wildman–Crippen LogP) is 15.3. The monoisotopic (exact) mass is 1010 g/mol. The summed E-state index contributed by atoms with van der Waals surface area (Å²) < 4.78 is 22.6. The van der Waals surface area contributed by atoms with Crippen molar-refractivity contribution in [2.45, 2.75) is 206 Å². The van der Waals surface area contributed by atoms with Crippen LogP contribution in [0.4, 0.5) is 0 Å². The van der Waals surface area contributed by atoms with Crippen molar-refractivity contribution >= 4 is 17.9 Å². The molecule has 0 saturated carbocycles. The molecule has 0 N–H and O–H groups in total. The summed E-state index contributed by atoms with van der Waals surface area (Å²) in [5.41, 5.74) is 0. The lowest BCUT2D eigenvalue weighted by atomic mass is 10.1. The summed E-state index contributed by atoms with van der Waals surface area (Å²) in [4.78, 5) is 37.2. The van der Waals surface area contributed by atoms with Crippen LogP contribution >= 0.6 is 0 Å². The van der Waals surface area contributed by atoms with Gasteiger partial charge in [0.05, 0.1) is 40.3 Å². The number of carboxylic acids is 1. The van der Waals surface area contributed by atoms with Gasteiger partial charge in [0.25, 0.3) is 0 Å². The van der Waals surface area contributed by atoms with Crippen LogP contribution in [-0.2, 0) is 33.3 Å². The van der Waals surface area contributed by atoms with Crippen LogP contribution in [0, 0.1) is 0 Å². The first-order chi connectivity index (χ1) is 35.6. The van der Waals surface area contributed by atoms with E-state index in [2.05, 4.69) is 148 Å². The molecule has 9 nitrogen and oxygen atoms in total. The van der Waals surface area contributed by atoms with E-state index in [9.17, 15) is 19.5 Å². The Kier molecular flexibility index (Phi) is 50.4. The second kappa shape index (κ2) is 53.7. The molecule has 73 heavy (non-hydrogen) atoms. The molecule has 0 amide bonds. The number of ether oxygens (including phenoxy) is 4. The van der Waals surface area contributed by atoms with Gasteiger partial charge in [-0.05, 0) is 116 Å². The number of aliphatic carboxylic acids is 1. The van der Waals surface area contributed by atoms with E-state index in [1.54, 1.807) is 0 Å². The summed E-state index contributed by atoms with van der Waals surface area (Å²) in [7, 11) is 5.89. The Hall–Kier alpha value is -4.57. The Balaban J connectivity index is 4.31. The standard InChI is InChI=1S/C64H103NO8/c1-6-8-10-12-14-16-18-20-21-22-23-24-25-26-27-28-29-30-31-32-33-34-35-36-37-38-39-40-41-43-45-47-49-51-53-55-62(67)73-60(59-72-64(63(68)69)70-57-56-65(3,4)5)58-71-61(66)54-52-50-48-46-44-42-19-17-15-13-11-9-7-2/h8,10,14,16-17,19-21,23-24,26-27,29-30,32-33,35-36,38-39,41,43,60,64H,6-7,9,11-13,15,18,22,25,28,31,34,37,40,42,44-59H2,1-5H3/b10-8-,16-14-,19-17-,21-20-,24-23-,27-26-,30-29-,33-32-,36-35-,39-38-,43-41-. The van der Waals surface area contributed by atoms with Crippen LogP contribution in [0.15, 0.2) is 134 Å². The fraction of sp³-hybridized carbons (Fsp3) is 0.609. The fourth-order valence-corrected chi connectivity index (χ4v) is 7.03. The molecule has 412 valence electrons. The Morgan fingerprint density at radius 3 is 1.18 bits per heavy atom. The van der Waals surface area contributed by atoms with Crippen molar-refractivity contribution in [3.05, 3.63) is 134 Å². The van der Waals surface area contributed by atoms with Crippen molar-refractivity contribution in [1.29, 1.82) is 0 Å². The maximum absolute atomic E-state index is 12.8. The normalized spacial score (nSPS) is 13.8. The number of hydrogen-bond acceptors (Lipinski definition) is 8. The molecule has 0 bridgehead atoms. The minimum absolute atomic E-state index is 0.134. The van der Waals surface area contributed by atoms with Crippen LogP contribution in [0.25, 0.3) is 0 Å². The average molecular weight is 1010 g/mol. The van der Waals surface area contributed by atoms with Crippen LogP contribution in [0.2, 0.25) is 0 Å². The lowest BCUT2D eigenvalue weighted by Gasteiger charge is -2.26. The number of allylic oxidation sites excluding steroid dienone is 22. The zero-order valence-electron chi connectivity index (χ0n) is 46.7. The predicted molar refractivity (Wildman–Crippen MR) is 306 cm³/mol. The molecule has 0 aliphatic heterocycles. The quantitative estimate of drug-likeness (QED) is 0.0195. The van der Waals surface area contributed by atoms with E-state index in [0.717, 1.165) is 128 Å². The van der Waals surface area contributed by atoms with E-state index in [0.29, 0.717) is 17.4 Å². The Labute approximate surface area is 446 Å². The van der Waals surface area contributed by atoms with Crippen molar-refractivity contribution in [3.8, 4) is 0 Å². The van der Waals surface area contributed by atoms with Gasteiger partial charge in [0.1, 0.15) is 13.2 Å². The van der Waals surface area contributed by atoms with Crippen LogP contribution in [-0.4, -0.2) is 82.3 Å². The highest BCUT2D eigenvalue weighted by Crippen LogP contribution is 2.12. The van der Waals surface area contributed by atoms with Gasteiger partial charge < -0.3 is 33.3 Å². The SMILES string of the molecule is CC/C=C\C/C=C\C/C=C\C/C=C\C/C=C\C/C=C\C/C=C\C/C=C\C/C=C\C/C=C\CCCCCCC(=O)OC(COC(=O)CCCCCCC/C=C\CCCCCC)COC(OCC[N+](C)(C)C)C(=O)[O-]. The average Bonchev–Trinajstić information content (AvgIpc) is 3.36. The number of hydrogen-bond donors (Lipinski definition) is 0. The third-order valence-corrected chi connectivity index (χ3v) is 11.4. The van der Waals surface area contributed by atoms with Gasteiger partial charge in [-0.3, -0.25) is 9.59 Å². The molecule has 0 aliphatic carbocycles. The molecule has 0 aromatic rings. The largest absolute Gasteiger partial charge is 0.545 e. The number of nitrogens with zero attached hydrogens (tertiary/aromatic N) is 1. The Morgan fingerprint density at radius 2 is 0.781 bits per heavy atom. The van der Waals surface area contributed by atoms with Crippen LogP contribution in [0.1, 0.15) is 194 Å². The summed E-state index contributed by atoms with van der Waals surface area (Å²) in [6, 6.07) is 0. The molecule has 0 radical (unpaired) electrons. The first-order valence-corrected chi connectivity index (χ1v) is 28.3. The molecule has 0 aromatic heterocycles. The number of quaternary nitrogens is 1. The topological polar surface area (TPSA) is 111 Å². The summed E-state index contributed by atoms with van der Waals surface area (Å²) in [5, 5.41) is 11.7. The zero-order chi connectivity index (χ0) is 53.4. The molecular weight excluding hydrogens is 911 g/mol. The summed E-state index contributed by atoms with van der Waals surface area (Å²) >= 11 is 0. The van der Waals surface area contributed by atoms with Crippen molar-refractivity contribution in [2.24, 2.45) is 0 Å². The number of unbranched alkanes of at least 4 members (excludes halogenated alkanes) is 13. The summed E-state index contributed by atoms with van der Waals surface area (Å²) in [6.07, 6.45) is 73.6. The molecule has 0 fully saturated rings. The first-order valence-electron chi connectivity index (χ1n) is 28.3. The maximum Gasteiger partial charge on any atom is 0.306 e. The number of esters is 2. The van der Waals surface area contributed by atoms with E-state index in [1.807, 2.05) is 21.1 Å². The third-order valence-electron chi connectivity index (χ3n) is 11.4. The molecule has 2 atom stereocenters. The van der Waals surface area contributed by atoms with E-state index < -0.39 is 24.3 Å². The van der Waals surface area contributed by atoms with E-state index in [1.165, 1.54) is 32.1 Å². The van der Waals surface area contributed by atoms with E-state index in [-0.39, 0.29) is 38.6 Å². The lowest BCUT2D eigenvalue weighted by Crippen LogP contribution is -2.44. The number of likely N-dealkylation sites (N-methyl/N-ethyl adjacent to an activating group) is 1. The molecular formula is C64H103NO8. The summed E-state index contributed by atoms with van der Waals surface area (Å²) in [6.45, 7) is 4.54. The van der Waals surface area contributed by atoms with Crippen LogP contribution in [0.3, 0.4) is 0 Å². The number of carbonyl (C=O) groups is 3. The van der Waals surface area contributed by atoms with E-state index in [4.69, 9.17) is 18.9 Å². The zero-order valence-corrected chi connectivity index (χ0v) is 46.7. The Morgan fingerprint density at radius 1 is 0.425 bits per heavy atom. The molecule has 2 unspecified atom stereocenters. The number of rotatable bonds is 50. The van der Waals surface area contributed by atoms with E-state index >= 15 is 0 Å². The number of carbonyl (C=O) groups excluding carboxylic acids is 3. The summed E-state index contributed by atoms with van der Waals surface area (Å²) in [5.74, 6) is -2.35. The van der Waals surface area contributed by atoms with Crippen molar-refractivity contribution in [1.82, 2.24) is 0 Å². The number of carboxylic acid groups (broad SMARTS) is 1. The van der Waals surface area contributed by atoms with Gasteiger partial charge in [0.15, 0.2) is 12.4 Å². The van der Waals surface area contributed by atoms with Gasteiger partial charge in [-0.25, -0.2) is 0 Å². The van der Waals surface area contributed by atoms with Crippen molar-refractivity contribution in [2.75, 3.05) is 47.5 Å².